The van der Waals surface area contributed by atoms with E-state index in [-0.39, 0.29) is 18.4 Å². The van der Waals surface area contributed by atoms with Gasteiger partial charge in [0.05, 0.1) is 35.8 Å². The summed E-state index contributed by atoms with van der Waals surface area (Å²) in [6.07, 6.45) is 9.08. The molecule has 218 valence electrons. The highest BCUT2D eigenvalue weighted by Crippen LogP contribution is 2.50. The average Bonchev–Trinajstić information content (AvgIpc) is 3.74. The van der Waals surface area contributed by atoms with E-state index in [0.717, 1.165) is 67.4 Å². The second kappa shape index (κ2) is 10.6. The van der Waals surface area contributed by atoms with E-state index in [0.29, 0.717) is 44.2 Å². The second-order valence-electron chi connectivity index (χ2n) is 11.9. The summed E-state index contributed by atoms with van der Waals surface area (Å²) in [5.41, 5.74) is 4.05. The molecule has 2 saturated heterocycles. The third-order valence-corrected chi connectivity index (χ3v) is 9.65. The molecular weight excluding hydrogens is 532 g/mol. The van der Waals surface area contributed by atoms with Crippen LogP contribution in [0.1, 0.15) is 48.8 Å². The number of aromatic nitrogens is 4. The van der Waals surface area contributed by atoms with Crippen LogP contribution in [-0.2, 0) is 23.2 Å². The van der Waals surface area contributed by atoms with Gasteiger partial charge in [-0.15, -0.1) is 0 Å². The van der Waals surface area contributed by atoms with Gasteiger partial charge in [0.1, 0.15) is 18.0 Å². The van der Waals surface area contributed by atoms with E-state index in [1.54, 1.807) is 4.90 Å². The van der Waals surface area contributed by atoms with Crippen molar-refractivity contribution in [1.82, 2.24) is 30.0 Å². The van der Waals surface area contributed by atoms with E-state index < -0.39 is 5.60 Å². The molecule has 3 aromatic rings. The summed E-state index contributed by atoms with van der Waals surface area (Å²) in [5.74, 6) is 1.20. The number of aryl methyl sites for hydroxylation is 1. The van der Waals surface area contributed by atoms with Gasteiger partial charge in [0.25, 0.3) is 0 Å². The molecule has 1 N–H and O–H groups in total. The monoisotopic (exact) mass is 568 g/mol. The molecule has 0 bridgehead atoms. The number of ether oxygens (including phenoxy) is 2. The van der Waals surface area contributed by atoms with Gasteiger partial charge in [-0.25, -0.2) is 0 Å². The summed E-state index contributed by atoms with van der Waals surface area (Å²) in [4.78, 5) is 28.6. The number of benzene rings is 1. The number of fused-ring (bicyclic) bond motifs is 5. The van der Waals surface area contributed by atoms with Crippen molar-refractivity contribution >= 4 is 22.6 Å². The van der Waals surface area contributed by atoms with Crippen molar-refractivity contribution in [3.63, 3.8) is 0 Å². The first-order chi connectivity index (χ1) is 20.5. The van der Waals surface area contributed by atoms with Crippen molar-refractivity contribution in [3.8, 4) is 18.0 Å². The van der Waals surface area contributed by atoms with Gasteiger partial charge >= 0.3 is 6.01 Å². The molecule has 11 nitrogen and oxygen atoms in total. The van der Waals surface area contributed by atoms with Gasteiger partial charge in [-0.1, -0.05) is 12.6 Å². The van der Waals surface area contributed by atoms with Crippen LogP contribution in [0.25, 0.3) is 10.9 Å². The molecule has 1 amide bonds. The maximum absolute atomic E-state index is 12.5. The van der Waals surface area contributed by atoms with Gasteiger partial charge in [0.15, 0.2) is 0 Å². The highest BCUT2D eigenvalue weighted by molar-refractivity contribution is 5.87. The van der Waals surface area contributed by atoms with Crippen LogP contribution in [0.3, 0.4) is 0 Å². The van der Waals surface area contributed by atoms with E-state index in [4.69, 9.17) is 19.4 Å². The number of nitrogens with one attached hydrogen (secondary N) is 1. The lowest BCUT2D eigenvalue weighted by Gasteiger charge is -2.42. The number of amides is 1. The number of carbonyl (C=O) groups excluding carboxylic acids is 1. The summed E-state index contributed by atoms with van der Waals surface area (Å²) in [5, 5.41) is 18.0. The number of likely N-dealkylation sites (N-methyl/N-ethyl adjacent to an activating group) is 1. The van der Waals surface area contributed by atoms with Gasteiger partial charge in [-0.05, 0) is 75.4 Å². The molecule has 42 heavy (non-hydrogen) atoms. The number of nitriles is 1. The molecule has 1 aliphatic carbocycles. The quantitative estimate of drug-likeness (QED) is 0.447. The van der Waals surface area contributed by atoms with Crippen LogP contribution in [0, 0.1) is 11.3 Å². The maximum atomic E-state index is 12.5. The van der Waals surface area contributed by atoms with E-state index in [2.05, 4.69) is 51.8 Å². The largest absolute Gasteiger partial charge is 0.466 e. The fraction of sp³-hybridized carbons (Fsp3) is 0.516. The normalized spacial score (nSPS) is 25.2. The Morgan fingerprint density at radius 1 is 1.24 bits per heavy atom. The third kappa shape index (κ3) is 4.45. The lowest BCUT2D eigenvalue weighted by Crippen LogP contribution is -2.55. The lowest BCUT2D eigenvalue weighted by molar-refractivity contribution is -0.128. The first kappa shape index (κ1) is 26.7. The topological polar surface area (TPSA) is 124 Å². The summed E-state index contributed by atoms with van der Waals surface area (Å²) in [6, 6.07) is 6.89. The Hall–Kier alpha value is -4.17. The Labute approximate surface area is 245 Å². The minimum atomic E-state index is -0.458. The first-order valence-electron chi connectivity index (χ1n) is 14.9. The van der Waals surface area contributed by atoms with Crippen molar-refractivity contribution < 1.29 is 14.3 Å². The molecular formula is C31H36N8O3. The smallest absolute Gasteiger partial charge is 0.321 e. The Kier molecular flexibility index (Phi) is 6.73. The SMILES string of the molecule is C=CC(=O)N1CCN(c2nc(OC[C@@H]3CCCN3C)nc3c2CC[C@@]2(CCc4c2ccc2[nH]ncc42)O3)C[C@@H]1CC#N. The lowest BCUT2D eigenvalue weighted by atomic mass is 9.86. The number of piperazine rings is 1. The summed E-state index contributed by atoms with van der Waals surface area (Å²) in [7, 11) is 2.13. The minimum Gasteiger partial charge on any atom is -0.466 e. The van der Waals surface area contributed by atoms with E-state index in [1.165, 1.54) is 17.2 Å². The number of hydrogen-bond acceptors (Lipinski definition) is 9. The number of carbonyl (C=O) groups is 1. The number of anilines is 1. The fourth-order valence-corrected chi connectivity index (χ4v) is 7.32. The molecule has 3 aliphatic heterocycles. The van der Waals surface area contributed by atoms with E-state index in [9.17, 15) is 10.1 Å². The van der Waals surface area contributed by atoms with Crippen molar-refractivity contribution in [2.24, 2.45) is 0 Å². The van der Waals surface area contributed by atoms with E-state index in [1.807, 2.05) is 6.20 Å². The average molecular weight is 569 g/mol. The molecule has 11 heteroatoms. The van der Waals surface area contributed by atoms with Crippen LogP contribution in [0.5, 0.6) is 11.9 Å². The number of hydrogen-bond donors (Lipinski definition) is 1. The molecule has 0 radical (unpaired) electrons. The number of rotatable bonds is 6. The highest BCUT2D eigenvalue weighted by atomic mass is 16.5. The Bertz CT molecular complexity index is 1580. The van der Waals surface area contributed by atoms with Crippen LogP contribution in [0.2, 0.25) is 0 Å². The maximum Gasteiger partial charge on any atom is 0.321 e. The predicted octanol–water partition coefficient (Wildman–Crippen LogP) is 3.11. The van der Waals surface area contributed by atoms with E-state index >= 15 is 0 Å². The number of likely N-dealkylation sites (tertiary alicyclic amines) is 1. The molecule has 5 heterocycles. The van der Waals surface area contributed by atoms with Crippen LogP contribution >= 0.6 is 0 Å². The van der Waals surface area contributed by atoms with Gasteiger partial charge in [-0.3, -0.25) is 9.89 Å². The van der Waals surface area contributed by atoms with Gasteiger partial charge in [0.2, 0.25) is 11.8 Å². The van der Waals surface area contributed by atoms with Crippen LogP contribution in [0.4, 0.5) is 5.82 Å². The van der Waals surface area contributed by atoms with Crippen molar-refractivity contribution in [3.05, 3.63) is 47.7 Å². The molecule has 4 aliphatic rings. The molecule has 7 rings (SSSR count). The highest BCUT2D eigenvalue weighted by Gasteiger charge is 2.46. The van der Waals surface area contributed by atoms with Crippen LogP contribution < -0.4 is 14.4 Å². The summed E-state index contributed by atoms with van der Waals surface area (Å²) < 4.78 is 13.2. The van der Waals surface area contributed by atoms with Crippen LogP contribution in [-0.4, -0.2) is 87.8 Å². The van der Waals surface area contributed by atoms with Crippen LogP contribution in [0.15, 0.2) is 31.0 Å². The van der Waals surface area contributed by atoms with Gasteiger partial charge in [-0.2, -0.15) is 20.3 Å². The summed E-state index contributed by atoms with van der Waals surface area (Å²) in [6.45, 7) is 6.79. The zero-order valence-corrected chi connectivity index (χ0v) is 24.0. The fourth-order valence-electron chi connectivity index (χ4n) is 7.32. The summed E-state index contributed by atoms with van der Waals surface area (Å²) >= 11 is 0. The zero-order chi connectivity index (χ0) is 28.8. The molecule has 2 aromatic heterocycles. The Morgan fingerprint density at radius 2 is 2.10 bits per heavy atom. The number of nitrogens with zero attached hydrogens (tertiary/aromatic N) is 7. The first-order valence-corrected chi connectivity index (χ1v) is 14.9. The Morgan fingerprint density at radius 3 is 2.88 bits per heavy atom. The molecule has 1 spiro atoms. The third-order valence-electron chi connectivity index (χ3n) is 9.65. The van der Waals surface area contributed by atoms with Crippen molar-refractivity contribution in [2.45, 2.75) is 62.6 Å². The Balaban J connectivity index is 1.23. The molecule has 1 aromatic carbocycles. The number of H-pyrrole nitrogens is 1. The number of aromatic amines is 1. The second-order valence-corrected chi connectivity index (χ2v) is 11.9. The van der Waals surface area contributed by atoms with Crippen molar-refractivity contribution in [1.29, 1.82) is 5.26 Å². The predicted molar refractivity (Wildman–Crippen MR) is 156 cm³/mol. The van der Waals surface area contributed by atoms with Gasteiger partial charge in [0, 0.05) is 31.1 Å². The molecule has 2 fully saturated rings. The standard InChI is InChI=1S/C31H36N8O3/c1-3-27(40)39-16-15-38(18-20(39)10-13-32)28-23-9-12-31(11-8-22-24-17-33-36-26(24)7-6-25(22)31)42-29(23)35-30(34-28)41-19-21-5-4-14-37(21)2/h3,6-7,17,20-21H,1,4-5,8-12,14-16,18-19H2,2H3,(H,33,36)/t20-,21-,31+/m0/s1. The molecule has 0 saturated carbocycles. The molecule has 0 unspecified atom stereocenters. The minimum absolute atomic E-state index is 0.152. The molecule has 3 atom stereocenters. The van der Waals surface area contributed by atoms with Crippen molar-refractivity contribution in [2.75, 3.05) is 44.7 Å². The van der Waals surface area contributed by atoms with Gasteiger partial charge < -0.3 is 24.2 Å². The zero-order valence-electron chi connectivity index (χ0n) is 24.0.